The average Bonchev–Trinajstić information content (AvgIpc) is 2.13. The highest BCUT2D eigenvalue weighted by molar-refractivity contribution is 6.04. The fourth-order valence-electron chi connectivity index (χ4n) is 1.52. The lowest BCUT2D eigenvalue weighted by Gasteiger charge is -2.13. The number of anilines is 1. The van der Waals surface area contributed by atoms with Gasteiger partial charge >= 0.3 is 0 Å². The van der Waals surface area contributed by atoms with Crippen LogP contribution in [0.5, 0.6) is 0 Å². The maximum Gasteiger partial charge on any atom is 0.253 e. The number of carbonyl (C=O) groups excluding carboxylic acids is 2. The van der Waals surface area contributed by atoms with Crippen molar-refractivity contribution >= 4 is 17.5 Å². The Bertz CT molecular complexity index is 456. The number of hydrogen-bond donors (Lipinski definition) is 3. The largest absolute Gasteiger partial charge is 0.398 e. The van der Waals surface area contributed by atoms with Gasteiger partial charge in [0.2, 0.25) is 0 Å². The third kappa shape index (κ3) is 1.58. The smallest absolute Gasteiger partial charge is 0.253 e. The zero-order valence-corrected chi connectivity index (χ0v) is 8.93. The van der Waals surface area contributed by atoms with Gasteiger partial charge in [-0.1, -0.05) is 0 Å². The van der Waals surface area contributed by atoms with E-state index in [1.165, 1.54) is 6.92 Å². The van der Waals surface area contributed by atoms with Crippen LogP contribution < -0.4 is 17.2 Å². The van der Waals surface area contributed by atoms with Crippen molar-refractivity contribution in [1.29, 1.82) is 0 Å². The number of amides is 2. The van der Waals surface area contributed by atoms with Crippen LogP contribution in [0.15, 0.2) is 0 Å². The van der Waals surface area contributed by atoms with Crippen LogP contribution in [0.2, 0.25) is 0 Å². The van der Waals surface area contributed by atoms with Gasteiger partial charge in [-0.25, -0.2) is 4.39 Å². The summed E-state index contributed by atoms with van der Waals surface area (Å²) in [5, 5.41) is 0. The third-order valence-electron chi connectivity index (χ3n) is 2.54. The van der Waals surface area contributed by atoms with Crippen LogP contribution in [0, 0.1) is 19.7 Å². The maximum atomic E-state index is 13.8. The molecule has 86 valence electrons. The summed E-state index contributed by atoms with van der Waals surface area (Å²) in [6, 6.07) is 0. The minimum Gasteiger partial charge on any atom is -0.398 e. The molecule has 0 aliphatic heterocycles. The summed E-state index contributed by atoms with van der Waals surface area (Å²) in [6.45, 7) is 3.06. The molecule has 0 bridgehead atoms. The molecule has 1 rings (SSSR count). The van der Waals surface area contributed by atoms with Gasteiger partial charge in [0.15, 0.2) is 5.82 Å². The van der Waals surface area contributed by atoms with E-state index in [4.69, 9.17) is 17.2 Å². The van der Waals surface area contributed by atoms with E-state index in [0.29, 0.717) is 11.1 Å². The number of halogens is 1. The molecular formula is C10H12FN3O2. The van der Waals surface area contributed by atoms with E-state index in [0.717, 1.165) is 0 Å². The van der Waals surface area contributed by atoms with Gasteiger partial charge < -0.3 is 17.2 Å². The second kappa shape index (κ2) is 3.80. The zero-order chi connectivity index (χ0) is 12.6. The topological polar surface area (TPSA) is 112 Å². The molecule has 6 heteroatoms. The van der Waals surface area contributed by atoms with Crippen LogP contribution in [0.3, 0.4) is 0 Å². The number of nitrogens with two attached hydrogens (primary N) is 3. The minimum atomic E-state index is -1.06. The fraction of sp³-hybridized carbons (Fsp3) is 0.200. The SMILES string of the molecule is Cc1c(C)c(C(N)=O)c(F)c(C(N)=O)c1N. The molecule has 0 radical (unpaired) electrons. The van der Waals surface area contributed by atoms with E-state index in [-0.39, 0.29) is 11.3 Å². The first-order valence-electron chi connectivity index (χ1n) is 4.46. The Morgan fingerprint density at radius 3 is 1.81 bits per heavy atom. The van der Waals surface area contributed by atoms with Crippen molar-refractivity contribution in [2.45, 2.75) is 13.8 Å². The van der Waals surface area contributed by atoms with Crippen molar-refractivity contribution in [1.82, 2.24) is 0 Å². The molecule has 0 unspecified atom stereocenters. The standard InChI is InChI=1S/C10H12FN3O2/c1-3-4(2)8(12)6(10(14)16)7(11)5(3)9(13)15/h12H2,1-2H3,(H2,13,15)(H2,14,16). The number of nitrogen functional groups attached to an aromatic ring is 1. The molecular weight excluding hydrogens is 213 g/mol. The van der Waals surface area contributed by atoms with E-state index in [9.17, 15) is 14.0 Å². The summed E-state index contributed by atoms with van der Waals surface area (Å²) in [7, 11) is 0. The second-order valence-corrected chi connectivity index (χ2v) is 3.46. The molecule has 0 aliphatic carbocycles. The molecule has 1 aromatic rings. The molecule has 2 amide bonds. The van der Waals surface area contributed by atoms with Gasteiger partial charge in [-0.15, -0.1) is 0 Å². The van der Waals surface area contributed by atoms with Gasteiger partial charge in [-0.3, -0.25) is 9.59 Å². The summed E-state index contributed by atoms with van der Waals surface area (Å²) in [5.74, 6) is -3.04. The lowest BCUT2D eigenvalue weighted by atomic mass is 9.95. The molecule has 0 spiro atoms. The van der Waals surface area contributed by atoms with Gasteiger partial charge in [0, 0.05) is 0 Å². The predicted octanol–water partition coefficient (Wildman–Crippen LogP) is 0.223. The van der Waals surface area contributed by atoms with Crippen molar-refractivity contribution in [2.24, 2.45) is 11.5 Å². The lowest BCUT2D eigenvalue weighted by Crippen LogP contribution is -2.23. The van der Waals surface area contributed by atoms with Crippen LogP contribution in [-0.2, 0) is 0 Å². The van der Waals surface area contributed by atoms with E-state index < -0.39 is 23.2 Å². The average molecular weight is 225 g/mol. The molecule has 0 aromatic heterocycles. The first-order chi connectivity index (χ1) is 7.29. The molecule has 6 N–H and O–H groups in total. The predicted molar refractivity (Wildman–Crippen MR) is 57.3 cm³/mol. The summed E-state index contributed by atoms with van der Waals surface area (Å²) >= 11 is 0. The summed E-state index contributed by atoms with van der Waals surface area (Å²) < 4.78 is 13.8. The first kappa shape index (κ1) is 12.0. The molecule has 1 aromatic carbocycles. The Balaban J connectivity index is 3.80. The molecule has 16 heavy (non-hydrogen) atoms. The van der Waals surface area contributed by atoms with E-state index in [1.807, 2.05) is 0 Å². The number of primary amides is 2. The van der Waals surface area contributed by atoms with Gasteiger partial charge in [0.05, 0.1) is 16.8 Å². The Morgan fingerprint density at radius 1 is 1.00 bits per heavy atom. The van der Waals surface area contributed by atoms with Crippen LogP contribution in [-0.4, -0.2) is 11.8 Å². The van der Waals surface area contributed by atoms with Crippen molar-refractivity contribution in [3.05, 3.63) is 28.1 Å². The van der Waals surface area contributed by atoms with Crippen LogP contribution in [0.4, 0.5) is 10.1 Å². The molecule has 0 heterocycles. The number of rotatable bonds is 2. The van der Waals surface area contributed by atoms with Crippen molar-refractivity contribution in [2.75, 3.05) is 5.73 Å². The maximum absolute atomic E-state index is 13.8. The van der Waals surface area contributed by atoms with Gasteiger partial charge in [-0.05, 0) is 25.0 Å². The lowest BCUT2D eigenvalue weighted by molar-refractivity contribution is 0.0994. The number of carbonyl (C=O) groups is 2. The fourth-order valence-corrected chi connectivity index (χ4v) is 1.52. The third-order valence-corrected chi connectivity index (χ3v) is 2.54. The molecule has 0 fully saturated rings. The Kier molecular flexibility index (Phi) is 2.84. The van der Waals surface area contributed by atoms with Crippen LogP contribution in [0.25, 0.3) is 0 Å². The number of benzene rings is 1. The van der Waals surface area contributed by atoms with Crippen LogP contribution in [0.1, 0.15) is 31.8 Å². The second-order valence-electron chi connectivity index (χ2n) is 3.46. The Hall–Kier alpha value is -2.11. The molecule has 5 nitrogen and oxygen atoms in total. The quantitative estimate of drug-likeness (QED) is 0.626. The van der Waals surface area contributed by atoms with E-state index in [1.54, 1.807) is 6.92 Å². The highest BCUT2D eigenvalue weighted by Crippen LogP contribution is 2.27. The summed E-state index contributed by atoms with van der Waals surface area (Å²) in [5.41, 5.74) is 15.4. The monoisotopic (exact) mass is 225 g/mol. The van der Waals surface area contributed by atoms with Crippen molar-refractivity contribution in [3.63, 3.8) is 0 Å². The van der Waals surface area contributed by atoms with Crippen molar-refractivity contribution in [3.8, 4) is 0 Å². The zero-order valence-electron chi connectivity index (χ0n) is 8.93. The Labute approximate surface area is 91.4 Å². The highest BCUT2D eigenvalue weighted by atomic mass is 19.1. The normalized spacial score (nSPS) is 10.2. The van der Waals surface area contributed by atoms with Gasteiger partial charge in [0.1, 0.15) is 0 Å². The highest BCUT2D eigenvalue weighted by Gasteiger charge is 2.24. The molecule has 0 saturated heterocycles. The molecule has 0 atom stereocenters. The van der Waals surface area contributed by atoms with Gasteiger partial charge in [-0.2, -0.15) is 0 Å². The molecule has 0 aliphatic rings. The van der Waals surface area contributed by atoms with Crippen molar-refractivity contribution < 1.29 is 14.0 Å². The summed E-state index contributed by atoms with van der Waals surface area (Å²) in [4.78, 5) is 22.1. The van der Waals surface area contributed by atoms with Crippen LogP contribution >= 0.6 is 0 Å². The molecule has 0 saturated carbocycles. The minimum absolute atomic E-state index is 0.0625. The van der Waals surface area contributed by atoms with Gasteiger partial charge in [0.25, 0.3) is 11.8 Å². The summed E-state index contributed by atoms with van der Waals surface area (Å²) in [6.07, 6.45) is 0. The first-order valence-corrected chi connectivity index (χ1v) is 4.46. The Morgan fingerprint density at radius 2 is 1.44 bits per heavy atom. The van der Waals surface area contributed by atoms with E-state index >= 15 is 0 Å². The van der Waals surface area contributed by atoms with E-state index in [2.05, 4.69) is 0 Å². The number of hydrogen-bond acceptors (Lipinski definition) is 3.